The Kier molecular flexibility index (Phi) is 8.11. The maximum absolute atomic E-state index is 11.9. The minimum Gasteiger partial charge on any atom is -0.497 e. The zero-order valence-corrected chi connectivity index (χ0v) is 13.9. The minimum atomic E-state index is -0.835. The molecular weight excluding hydrogens is 298 g/mol. The number of aliphatic carboxylic acids is 1. The van der Waals surface area contributed by atoms with Gasteiger partial charge in [0.25, 0.3) is 0 Å². The number of hydrogen-bond donors (Lipinski definition) is 2. The van der Waals surface area contributed by atoms with Crippen LogP contribution in [-0.2, 0) is 14.3 Å². The average molecular weight is 323 g/mol. The van der Waals surface area contributed by atoms with Crippen LogP contribution in [0.3, 0.4) is 0 Å². The number of carbonyl (C=O) groups excluding carboxylic acids is 1. The van der Waals surface area contributed by atoms with E-state index in [1.165, 1.54) is 0 Å². The van der Waals surface area contributed by atoms with Crippen molar-refractivity contribution in [1.82, 2.24) is 5.32 Å². The van der Waals surface area contributed by atoms with E-state index < -0.39 is 5.97 Å². The van der Waals surface area contributed by atoms with Gasteiger partial charge in [-0.1, -0.05) is 12.1 Å². The van der Waals surface area contributed by atoms with Crippen molar-refractivity contribution in [3.05, 3.63) is 29.8 Å². The highest BCUT2D eigenvalue weighted by molar-refractivity contribution is 5.76. The number of unbranched alkanes of at least 4 members (excludes halogenated alkanes) is 1. The molecule has 1 rings (SSSR count). The van der Waals surface area contributed by atoms with Gasteiger partial charge in [0.2, 0.25) is 5.91 Å². The Bertz CT molecular complexity index is 500. The molecule has 0 aromatic heterocycles. The Balaban J connectivity index is 2.50. The standard InChI is InChI=1S/C17H25NO5/c1-12(18-15(19)6-4-5-7-16(20)21)17(23-3)13-8-10-14(22-2)11-9-13/h8-12,17H,4-7H2,1-3H3,(H,18,19)(H,20,21). The Hall–Kier alpha value is -2.08. The third-order valence-corrected chi connectivity index (χ3v) is 3.59. The third-order valence-electron chi connectivity index (χ3n) is 3.59. The summed E-state index contributed by atoms with van der Waals surface area (Å²) >= 11 is 0. The van der Waals surface area contributed by atoms with Gasteiger partial charge in [-0.2, -0.15) is 0 Å². The van der Waals surface area contributed by atoms with Crippen molar-refractivity contribution in [3.8, 4) is 5.75 Å². The SMILES string of the molecule is COc1ccc(C(OC)C(C)NC(=O)CCCCC(=O)O)cc1. The molecule has 2 atom stereocenters. The van der Waals surface area contributed by atoms with Gasteiger partial charge in [-0.3, -0.25) is 9.59 Å². The number of ether oxygens (including phenoxy) is 2. The normalized spacial score (nSPS) is 13.2. The predicted molar refractivity (Wildman–Crippen MR) is 86.5 cm³/mol. The lowest BCUT2D eigenvalue weighted by Gasteiger charge is -2.24. The number of carbonyl (C=O) groups is 2. The van der Waals surface area contributed by atoms with E-state index in [1.54, 1.807) is 14.2 Å². The van der Waals surface area contributed by atoms with E-state index in [9.17, 15) is 9.59 Å². The number of nitrogens with one attached hydrogen (secondary N) is 1. The van der Waals surface area contributed by atoms with Crippen LogP contribution in [0.25, 0.3) is 0 Å². The molecule has 0 saturated carbocycles. The fourth-order valence-electron chi connectivity index (χ4n) is 2.39. The first-order chi connectivity index (χ1) is 11.0. The molecule has 6 nitrogen and oxygen atoms in total. The number of amides is 1. The summed E-state index contributed by atoms with van der Waals surface area (Å²) in [6, 6.07) is 7.31. The lowest BCUT2D eigenvalue weighted by atomic mass is 10.0. The van der Waals surface area contributed by atoms with E-state index in [1.807, 2.05) is 31.2 Å². The smallest absolute Gasteiger partial charge is 0.303 e. The van der Waals surface area contributed by atoms with Crippen LogP contribution < -0.4 is 10.1 Å². The van der Waals surface area contributed by atoms with E-state index in [-0.39, 0.29) is 24.5 Å². The first-order valence-electron chi connectivity index (χ1n) is 7.65. The van der Waals surface area contributed by atoms with Crippen LogP contribution in [0.5, 0.6) is 5.75 Å². The number of methoxy groups -OCH3 is 2. The van der Waals surface area contributed by atoms with Gasteiger partial charge in [0.15, 0.2) is 0 Å². The molecule has 1 aromatic carbocycles. The molecular formula is C17H25NO5. The van der Waals surface area contributed by atoms with Crippen molar-refractivity contribution in [2.24, 2.45) is 0 Å². The summed E-state index contributed by atoms with van der Waals surface area (Å²) < 4.78 is 10.6. The van der Waals surface area contributed by atoms with Gasteiger partial charge in [-0.05, 0) is 37.5 Å². The van der Waals surface area contributed by atoms with Crippen LogP contribution >= 0.6 is 0 Å². The van der Waals surface area contributed by atoms with Crippen LogP contribution in [0, 0.1) is 0 Å². The van der Waals surface area contributed by atoms with E-state index in [0.717, 1.165) is 11.3 Å². The van der Waals surface area contributed by atoms with E-state index in [0.29, 0.717) is 19.3 Å². The van der Waals surface area contributed by atoms with Crippen LogP contribution in [0.2, 0.25) is 0 Å². The van der Waals surface area contributed by atoms with Crippen LogP contribution in [0.1, 0.15) is 44.3 Å². The number of carboxylic acids is 1. The van der Waals surface area contributed by atoms with E-state index >= 15 is 0 Å². The highest BCUT2D eigenvalue weighted by Crippen LogP contribution is 2.23. The van der Waals surface area contributed by atoms with Gasteiger partial charge in [-0.15, -0.1) is 0 Å². The Morgan fingerprint density at radius 3 is 2.26 bits per heavy atom. The maximum atomic E-state index is 11.9. The van der Waals surface area contributed by atoms with E-state index in [4.69, 9.17) is 14.6 Å². The van der Waals surface area contributed by atoms with Crippen molar-refractivity contribution in [2.75, 3.05) is 14.2 Å². The summed E-state index contributed by atoms with van der Waals surface area (Å²) in [5, 5.41) is 11.5. The lowest BCUT2D eigenvalue weighted by molar-refractivity contribution is -0.137. The summed E-state index contributed by atoms with van der Waals surface area (Å²) in [5.74, 6) is -0.171. The molecule has 1 amide bonds. The number of hydrogen-bond acceptors (Lipinski definition) is 4. The van der Waals surface area contributed by atoms with Crippen molar-refractivity contribution >= 4 is 11.9 Å². The molecule has 0 aliphatic carbocycles. The maximum Gasteiger partial charge on any atom is 0.303 e. The molecule has 2 N–H and O–H groups in total. The van der Waals surface area contributed by atoms with E-state index in [2.05, 4.69) is 5.32 Å². The quantitative estimate of drug-likeness (QED) is 0.646. The van der Waals surface area contributed by atoms with Gasteiger partial charge in [-0.25, -0.2) is 0 Å². The van der Waals surface area contributed by atoms with Gasteiger partial charge >= 0.3 is 5.97 Å². The molecule has 0 heterocycles. The Labute approximate surface area is 136 Å². The van der Waals surface area contributed by atoms with Crippen LogP contribution in [-0.4, -0.2) is 37.2 Å². The molecule has 0 spiro atoms. The summed E-state index contributed by atoms with van der Waals surface area (Å²) in [5.41, 5.74) is 0.951. The topological polar surface area (TPSA) is 84.9 Å². The second kappa shape index (κ2) is 9.84. The minimum absolute atomic E-state index is 0.0926. The molecule has 0 fully saturated rings. The Morgan fingerprint density at radius 1 is 1.13 bits per heavy atom. The van der Waals surface area contributed by atoms with Crippen molar-refractivity contribution < 1.29 is 24.2 Å². The Morgan fingerprint density at radius 2 is 1.74 bits per heavy atom. The number of carboxylic acid groups (broad SMARTS) is 1. The molecule has 0 aliphatic heterocycles. The van der Waals surface area contributed by atoms with Gasteiger partial charge < -0.3 is 19.9 Å². The molecule has 128 valence electrons. The molecule has 0 aliphatic rings. The van der Waals surface area contributed by atoms with Crippen molar-refractivity contribution in [3.63, 3.8) is 0 Å². The average Bonchev–Trinajstić information content (AvgIpc) is 2.52. The van der Waals surface area contributed by atoms with Gasteiger partial charge in [0.1, 0.15) is 11.9 Å². The van der Waals surface area contributed by atoms with Crippen molar-refractivity contribution in [2.45, 2.75) is 44.8 Å². The highest BCUT2D eigenvalue weighted by atomic mass is 16.5. The fourth-order valence-corrected chi connectivity index (χ4v) is 2.39. The molecule has 0 bridgehead atoms. The molecule has 6 heteroatoms. The highest BCUT2D eigenvalue weighted by Gasteiger charge is 2.20. The monoisotopic (exact) mass is 323 g/mol. The first kappa shape index (κ1) is 19.0. The molecule has 2 unspecified atom stereocenters. The third kappa shape index (κ3) is 6.69. The van der Waals surface area contributed by atoms with Gasteiger partial charge in [0.05, 0.1) is 13.2 Å². The fraction of sp³-hybridized carbons (Fsp3) is 0.529. The summed E-state index contributed by atoms with van der Waals surface area (Å²) in [6.07, 6.45) is 1.21. The lowest BCUT2D eigenvalue weighted by Crippen LogP contribution is -2.37. The molecule has 1 aromatic rings. The first-order valence-corrected chi connectivity index (χ1v) is 7.65. The number of benzene rings is 1. The molecule has 0 radical (unpaired) electrons. The molecule has 23 heavy (non-hydrogen) atoms. The second-order valence-electron chi connectivity index (χ2n) is 5.39. The summed E-state index contributed by atoms with van der Waals surface area (Å²) in [6.45, 7) is 1.88. The molecule has 0 saturated heterocycles. The summed E-state index contributed by atoms with van der Waals surface area (Å²) in [4.78, 5) is 22.3. The van der Waals surface area contributed by atoms with Crippen molar-refractivity contribution in [1.29, 1.82) is 0 Å². The zero-order valence-electron chi connectivity index (χ0n) is 13.9. The summed E-state index contributed by atoms with van der Waals surface area (Å²) in [7, 11) is 3.21. The van der Waals surface area contributed by atoms with Crippen LogP contribution in [0.4, 0.5) is 0 Å². The van der Waals surface area contributed by atoms with Gasteiger partial charge in [0, 0.05) is 20.0 Å². The van der Waals surface area contributed by atoms with Crippen LogP contribution in [0.15, 0.2) is 24.3 Å². The zero-order chi connectivity index (χ0) is 17.2. The predicted octanol–water partition coefficient (Wildman–Crippen LogP) is 2.53. The number of rotatable bonds is 10. The second-order valence-corrected chi connectivity index (χ2v) is 5.39. The largest absolute Gasteiger partial charge is 0.497 e.